The third-order valence-corrected chi connectivity index (χ3v) is 3.97. The van der Waals surface area contributed by atoms with Gasteiger partial charge in [-0.15, -0.1) is 0 Å². The van der Waals surface area contributed by atoms with Gasteiger partial charge in [0.2, 0.25) is 5.91 Å². The SMILES string of the molecule is CCC1CCCCC1NC(=O)CNC(=O)c1ccoc1. The van der Waals surface area contributed by atoms with Crippen LogP contribution in [-0.4, -0.2) is 24.4 Å². The first-order valence-corrected chi connectivity index (χ1v) is 7.30. The van der Waals surface area contributed by atoms with Gasteiger partial charge in [-0.25, -0.2) is 0 Å². The van der Waals surface area contributed by atoms with Gasteiger partial charge in [-0.1, -0.05) is 26.2 Å². The summed E-state index contributed by atoms with van der Waals surface area (Å²) in [5, 5.41) is 5.64. The van der Waals surface area contributed by atoms with Crippen LogP contribution in [0.4, 0.5) is 0 Å². The second-order valence-corrected chi connectivity index (χ2v) is 5.32. The highest BCUT2D eigenvalue weighted by Gasteiger charge is 2.24. The van der Waals surface area contributed by atoms with Crippen LogP contribution < -0.4 is 10.6 Å². The quantitative estimate of drug-likeness (QED) is 0.866. The molecule has 1 saturated carbocycles. The van der Waals surface area contributed by atoms with Crippen molar-refractivity contribution in [2.75, 3.05) is 6.54 Å². The Morgan fingerprint density at radius 2 is 2.15 bits per heavy atom. The van der Waals surface area contributed by atoms with Gasteiger partial charge in [-0.05, 0) is 24.8 Å². The van der Waals surface area contributed by atoms with Gasteiger partial charge in [0.25, 0.3) is 5.91 Å². The van der Waals surface area contributed by atoms with E-state index in [0.717, 1.165) is 12.8 Å². The van der Waals surface area contributed by atoms with E-state index in [2.05, 4.69) is 17.6 Å². The maximum Gasteiger partial charge on any atom is 0.254 e. The molecule has 2 unspecified atom stereocenters. The van der Waals surface area contributed by atoms with Crippen LogP contribution in [0.5, 0.6) is 0 Å². The summed E-state index contributed by atoms with van der Waals surface area (Å²) in [6.45, 7) is 2.17. The van der Waals surface area contributed by atoms with Crippen LogP contribution >= 0.6 is 0 Å². The van der Waals surface area contributed by atoms with Crippen LogP contribution in [0.1, 0.15) is 49.4 Å². The minimum absolute atomic E-state index is 0.0109. The monoisotopic (exact) mass is 278 g/mol. The molecule has 1 aromatic heterocycles. The molecule has 2 atom stereocenters. The Kier molecular flexibility index (Phi) is 5.21. The first kappa shape index (κ1) is 14.6. The highest BCUT2D eigenvalue weighted by atomic mass is 16.3. The van der Waals surface area contributed by atoms with Crippen LogP contribution in [0, 0.1) is 5.92 Å². The lowest BCUT2D eigenvalue weighted by Crippen LogP contribution is -2.46. The van der Waals surface area contributed by atoms with E-state index >= 15 is 0 Å². The van der Waals surface area contributed by atoms with E-state index in [-0.39, 0.29) is 24.4 Å². The Balaban J connectivity index is 1.76. The molecule has 1 aliphatic rings. The molecule has 0 radical (unpaired) electrons. The van der Waals surface area contributed by atoms with Crippen molar-refractivity contribution in [1.29, 1.82) is 0 Å². The van der Waals surface area contributed by atoms with Gasteiger partial charge in [0.05, 0.1) is 18.4 Å². The molecular weight excluding hydrogens is 256 g/mol. The van der Waals surface area contributed by atoms with Crippen LogP contribution in [0.15, 0.2) is 23.0 Å². The normalized spacial score (nSPS) is 22.2. The molecule has 20 heavy (non-hydrogen) atoms. The number of amides is 2. The van der Waals surface area contributed by atoms with E-state index in [9.17, 15) is 9.59 Å². The fourth-order valence-corrected chi connectivity index (χ4v) is 2.80. The molecule has 1 heterocycles. The number of furan rings is 1. The van der Waals surface area contributed by atoms with E-state index in [1.54, 1.807) is 6.07 Å². The minimum atomic E-state index is -0.287. The van der Waals surface area contributed by atoms with Crippen molar-refractivity contribution in [2.24, 2.45) is 5.92 Å². The van der Waals surface area contributed by atoms with Crippen molar-refractivity contribution in [2.45, 2.75) is 45.1 Å². The fourth-order valence-electron chi connectivity index (χ4n) is 2.80. The van der Waals surface area contributed by atoms with E-state index in [4.69, 9.17) is 4.42 Å². The van der Waals surface area contributed by atoms with E-state index < -0.39 is 0 Å². The van der Waals surface area contributed by atoms with Gasteiger partial charge in [-0.3, -0.25) is 9.59 Å². The molecule has 1 aliphatic carbocycles. The van der Waals surface area contributed by atoms with Gasteiger partial charge >= 0.3 is 0 Å². The first-order valence-electron chi connectivity index (χ1n) is 7.30. The molecule has 1 aromatic rings. The molecule has 5 heteroatoms. The van der Waals surface area contributed by atoms with Crippen molar-refractivity contribution in [3.05, 3.63) is 24.2 Å². The van der Waals surface area contributed by atoms with Crippen molar-refractivity contribution >= 4 is 11.8 Å². The predicted molar refractivity (Wildman–Crippen MR) is 75.2 cm³/mol. The van der Waals surface area contributed by atoms with E-state index in [0.29, 0.717) is 11.5 Å². The molecule has 5 nitrogen and oxygen atoms in total. The zero-order valence-electron chi connectivity index (χ0n) is 11.9. The summed E-state index contributed by atoms with van der Waals surface area (Å²) in [6.07, 6.45) is 8.53. The van der Waals surface area contributed by atoms with E-state index in [1.165, 1.54) is 31.8 Å². The molecule has 2 rings (SSSR count). The molecule has 1 fully saturated rings. The number of hydrogen-bond acceptors (Lipinski definition) is 3. The van der Waals surface area contributed by atoms with Crippen molar-refractivity contribution in [3.63, 3.8) is 0 Å². The van der Waals surface area contributed by atoms with Crippen LogP contribution in [0.3, 0.4) is 0 Å². The van der Waals surface area contributed by atoms with Gasteiger partial charge < -0.3 is 15.1 Å². The Hall–Kier alpha value is -1.78. The Labute approximate surface area is 119 Å². The average Bonchev–Trinajstić information content (AvgIpc) is 2.99. The number of carbonyl (C=O) groups excluding carboxylic acids is 2. The molecule has 0 saturated heterocycles. The largest absolute Gasteiger partial charge is 0.472 e. The summed E-state index contributed by atoms with van der Waals surface area (Å²) in [5.74, 6) is 0.161. The number of carbonyl (C=O) groups is 2. The van der Waals surface area contributed by atoms with Crippen molar-refractivity contribution < 1.29 is 14.0 Å². The van der Waals surface area contributed by atoms with Crippen LogP contribution in [-0.2, 0) is 4.79 Å². The Bertz CT molecular complexity index is 442. The average molecular weight is 278 g/mol. The lowest BCUT2D eigenvalue weighted by molar-refractivity contribution is -0.121. The summed E-state index contributed by atoms with van der Waals surface area (Å²) in [6, 6.07) is 1.83. The Morgan fingerprint density at radius 1 is 1.35 bits per heavy atom. The van der Waals surface area contributed by atoms with Crippen LogP contribution in [0.2, 0.25) is 0 Å². The summed E-state index contributed by atoms with van der Waals surface area (Å²) < 4.78 is 4.83. The zero-order chi connectivity index (χ0) is 14.4. The summed E-state index contributed by atoms with van der Waals surface area (Å²) in [5.41, 5.74) is 0.432. The molecule has 2 N–H and O–H groups in total. The molecule has 2 amide bonds. The zero-order valence-corrected chi connectivity index (χ0v) is 11.9. The summed E-state index contributed by atoms with van der Waals surface area (Å²) in [4.78, 5) is 23.6. The highest BCUT2D eigenvalue weighted by molar-refractivity contribution is 5.96. The molecule has 0 spiro atoms. The van der Waals surface area contributed by atoms with Gasteiger partial charge in [0.15, 0.2) is 0 Å². The third-order valence-electron chi connectivity index (χ3n) is 3.97. The molecule has 0 bridgehead atoms. The first-order chi connectivity index (χ1) is 9.70. The third kappa shape index (κ3) is 3.85. The Morgan fingerprint density at radius 3 is 2.85 bits per heavy atom. The van der Waals surface area contributed by atoms with Crippen molar-refractivity contribution in [3.8, 4) is 0 Å². The highest BCUT2D eigenvalue weighted by Crippen LogP contribution is 2.26. The smallest absolute Gasteiger partial charge is 0.254 e. The molecule has 110 valence electrons. The summed E-state index contributed by atoms with van der Waals surface area (Å²) in [7, 11) is 0. The second kappa shape index (κ2) is 7.12. The van der Waals surface area contributed by atoms with Gasteiger partial charge in [0.1, 0.15) is 6.26 Å². The van der Waals surface area contributed by atoms with Gasteiger partial charge in [-0.2, -0.15) is 0 Å². The summed E-state index contributed by atoms with van der Waals surface area (Å²) >= 11 is 0. The topological polar surface area (TPSA) is 71.3 Å². The van der Waals surface area contributed by atoms with Crippen LogP contribution in [0.25, 0.3) is 0 Å². The molecule has 0 aliphatic heterocycles. The standard InChI is InChI=1S/C15H22N2O3/c1-2-11-5-3-4-6-13(11)17-14(18)9-16-15(19)12-7-8-20-10-12/h7-8,10-11,13H,2-6,9H2,1H3,(H,16,19)(H,17,18). The maximum atomic E-state index is 11.9. The molecular formula is C15H22N2O3. The van der Waals surface area contributed by atoms with Crippen molar-refractivity contribution in [1.82, 2.24) is 10.6 Å². The number of nitrogens with one attached hydrogen (secondary N) is 2. The minimum Gasteiger partial charge on any atom is -0.472 e. The fraction of sp³-hybridized carbons (Fsp3) is 0.600. The lowest BCUT2D eigenvalue weighted by atomic mass is 9.83. The number of hydrogen-bond donors (Lipinski definition) is 2. The van der Waals surface area contributed by atoms with Gasteiger partial charge in [0, 0.05) is 6.04 Å². The molecule has 0 aromatic carbocycles. The number of rotatable bonds is 5. The maximum absolute atomic E-state index is 11.9. The lowest BCUT2D eigenvalue weighted by Gasteiger charge is -2.31. The predicted octanol–water partition coefficient (Wildman–Crippen LogP) is 2.09. The van der Waals surface area contributed by atoms with E-state index in [1.807, 2.05) is 0 Å². The second-order valence-electron chi connectivity index (χ2n) is 5.32.